The Bertz CT molecular complexity index is 1560. The summed E-state index contributed by atoms with van der Waals surface area (Å²) in [6, 6.07) is 28.8. The van der Waals surface area contributed by atoms with Gasteiger partial charge in [0, 0.05) is 21.9 Å². The van der Waals surface area contributed by atoms with Gasteiger partial charge in [-0.05, 0) is 43.0 Å². The Labute approximate surface area is 247 Å². The van der Waals surface area contributed by atoms with Crippen LogP contribution in [0.4, 0.5) is 0 Å². The van der Waals surface area contributed by atoms with Gasteiger partial charge in [-0.25, -0.2) is 9.59 Å². The van der Waals surface area contributed by atoms with Crippen molar-refractivity contribution in [1.82, 2.24) is 0 Å². The van der Waals surface area contributed by atoms with Gasteiger partial charge in [0.2, 0.25) is 0 Å². The first-order valence-corrected chi connectivity index (χ1v) is 13.9. The van der Waals surface area contributed by atoms with Crippen LogP contribution < -0.4 is 9.47 Å². The summed E-state index contributed by atoms with van der Waals surface area (Å²) >= 11 is 0. The zero-order valence-corrected chi connectivity index (χ0v) is 24.3. The average Bonchev–Trinajstić information content (AvgIpc) is 3.01. The molecule has 0 N–H and O–H groups in total. The number of fused-ring (bicyclic) bond motifs is 1. The monoisotopic (exact) mass is 564 g/mol. The average molecular weight is 565 g/mol. The molecule has 6 heteroatoms. The van der Waals surface area contributed by atoms with E-state index in [0.717, 1.165) is 27.5 Å². The molecule has 4 aromatic carbocycles. The van der Waals surface area contributed by atoms with Crippen molar-refractivity contribution in [2.45, 2.75) is 39.4 Å². The number of esters is 2. The second kappa shape index (κ2) is 14.2. The molecule has 0 aromatic heterocycles. The maximum Gasteiger partial charge on any atom is 0.333 e. The molecule has 0 saturated carbocycles. The smallest absolute Gasteiger partial charge is 0.333 e. The van der Waals surface area contributed by atoms with E-state index in [1.807, 2.05) is 97.9 Å². The lowest BCUT2D eigenvalue weighted by molar-refractivity contribution is -0.147. The summed E-state index contributed by atoms with van der Waals surface area (Å²) in [5.41, 5.74) is 3.21. The molecule has 0 aliphatic heterocycles. The minimum atomic E-state index is -0.621. The Kier molecular flexibility index (Phi) is 10.2. The molecule has 2 atom stereocenters. The highest BCUT2D eigenvalue weighted by molar-refractivity contribution is 5.94. The van der Waals surface area contributed by atoms with E-state index in [1.54, 1.807) is 13.8 Å². The predicted molar refractivity (Wildman–Crippen MR) is 164 cm³/mol. The number of ether oxygens (including phenoxy) is 4. The molecule has 0 saturated heterocycles. The molecule has 0 radical (unpaired) electrons. The van der Waals surface area contributed by atoms with Gasteiger partial charge in [-0.3, -0.25) is 0 Å². The van der Waals surface area contributed by atoms with Gasteiger partial charge in [0.1, 0.15) is 24.7 Å². The highest BCUT2D eigenvalue weighted by atomic mass is 16.6. The summed E-state index contributed by atoms with van der Waals surface area (Å²) in [6.07, 6.45) is -0.570. The highest BCUT2D eigenvalue weighted by Crippen LogP contribution is 2.38. The Balaban J connectivity index is 1.63. The largest absolute Gasteiger partial charge is 0.489 e. The first-order valence-electron chi connectivity index (χ1n) is 13.9. The Morgan fingerprint density at radius 3 is 1.60 bits per heavy atom. The number of aryl methyl sites for hydroxylation is 1. The number of hydrogen-bond acceptors (Lipinski definition) is 6. The van der Waals surface area contributed by atoms with Gasteiger partial charge in [0.05, 0.1) is 0 Å². The third kappa shape index (κ3) is 7.46. The lowest BCUT2D eigenvalue weighted by Gasteiger charge is -2.23. The van der Waals surface area contributed by atoms with E-state index in [9.17, 15) is 9.59 Å². The van der Waals surface area contributed by atoms with Crippen molar-refractivity contribution >= 4 is 22.7 Å². The van der Waals surface area contributed by atoms with Crippen LogP contribution in [-0.2, 0) is 25.5 Å². The van der Waals surface area contributed by atoms with E-state index in [1.165, 1.54) is 0 Å². The lowest BCUT2D eigenvalue weighted by atomic mass is 10.0. The second-order valence-electron chi connectivity index (χ2n) is 10.1. The molecule has 0 fully saturated rings. The van der Waals surface area contributed by atoms with E-state index < -0.39 is 24.1 Å². The van der Waals surface area contributed by atoms with Crippen molar-refractivity contribution in [3.63, 3.8) is 0 Å². The SMILES string of the molecule is C=C(C)C(=O)OC(COc1cc(CC)c(OCC(OC(=O)C(=C)C)c2ccccc2)c2ccccc12)c1ccccc1. The molecule has 4 rings (SSSR count). The van der Waals surface area contributed by atoms with Gasteiger partial charge in [-0.2, -0.15) is 0 Å². The molecule has 216 valence electrons. The van der Waals surface area contributed by atoms with Crippen molar-refractivity contribution < 1.29 is 28.5 Å². The van der Waals surface area contributed by atoms with E-state index in [4.69, 9.17) is 18.9 Å². The van der Waals surface area contributed by atoms with Gasteiger partial charge < -0.3 is 18.9 Å². The predicted octanol–water partition coefficient (Wildman–Crippen LogP) is 7.88. The molecular weight excluding hydrogens is 528 g/mol. The molecule has 42 heavy (non-hydrogen) atoms. The molecular formula is C36H36O6. The minimum Gasteiger partial charge on any atom is -0.489 e. The van der Waals surface area contributed by atoms with E-state index in [0.29, 0.717) is 29.1 Å². The maximum atomic E-state index is 12.4. The number of carbonyl (C=O) groups excluding carboxylic acids is 2. The Hall–Kier alpha value is -4.84. The summed E-state index contributed by atoms with van der Waals surface area (Å²) < 4.78 is 24.3. The standard InChI is InChI=1S/C36H36O6/c1-6-26-21-31(39-22-32(41-35(37)24(2)3)27-15-9-7-10-16-27)29-19-13-14-20-30(29)34(26)40-23-33(42-36(38)25(4)5)28-17-11-8-12-18-28/h7-21,32-33H,2,4,6,22-23H2,1,3,5H3. The van der Waals surface area contributed by atoms with Gasteiger partial charge in [-0.1, -0.05) is 105 Å². The second-order valence-corrected chi connectivity index (χ2v) is 10.1. The summed E-state index contributed by atoms with van der Waals surface area (Å²) in [5, 5.41) is 1.71. The van der Waals surface area contributed by atoms with Gasteiger partial charge >= 0.3 is 11.9 Å². The van der Waals surface area contributed by atoms with Gasteiger partial charge in [-0.15, -0.1) is 0 Å². The number of hydrogen-bond donors (Lipinski definition) is 0. The summed E-state index contributed by atoms with van der Waals surface area (Å²) in [7, 11) is 0. The van der Waals surface area contributed by atoms with Crippen molar-refractivity contribution in [3.8, 4) is 11.5 Å². The van der Waals surface area contributed by atoms with Crippen LogP contribution in [0, 0.1) is 0 Å². The fourth-order valence-corrected chi connectivity index (χ4v) is 4.44. The fourth-order valence-electron chi connectivity index (χ4n) is 4.44. The van der Waals surface area contributed by atoms with E-state index in [-0.39, 0.29) is 13.2 Å². The van der Waals surface area contributed by atoms with Crippen LogP contribution in [0.3, 0.4) is 0 Å². The molecule has 0 heterocycles. The minimum absolute atomic E-state index is 0.114. The van der Waals surface area contributed by atoms with Crippen LogP contribution in [0.25, 0.3) is 10.8 Å². The topological polar surface area (TPSA) is 71.1 Å². The molecule has 0 aliphatic carbocycles. The summed E-state index contributed by atoms with van der Waals surface area (Å²) in [5.74, 6) is 0.393. The van der Waals surface area contributed by atoms with Crippen molar-refractivity contribution in [1.29, 1.82) is 0 Å². The number of rotatable bonds is 13. The fraction of sp³-hybridized carbons (Fsp3) is 0.222. The zero-order chi connectivity index (χ0) is 30.1. The molecule has 0 spiro atoms. The Morgan fingerprint density at radius 1 is 0.667 bits per heavy atom. The zero-order valence-electron chi connectivity index (χ0n) is 24.3. The van der Waals surface area contributed by atoms with Gasteiger partial charge in [0.15, 0.2) is 12.2 Å². The highest BCUT2D eigenvalue weighted by Gasteiger charge is 2.22. The van der Waals surface area contributed by atoms with Crippen LogP contribution in [0.2, 0.25) is 0 Å². The van der Waals surface area contributed by atoms with Crippen molar-refractivity contribution in [2.75, 3.05) is 13.2 Å². The van der Waals surface area contributed by atoms with Gasteiger partial charge in [0.25, 0.3) is 0 Å². The van der Waals surface area contributed by atoms with E-state index >= 15 is 0 Å². The third-order valence-electron chi connectivity index (χ3n) is 6.72. The molecule has 0 bridgehead atoms. The third-order valence-corrected chi connectivity index (χ3v) is 6.72. The first-order chi connectivity index (χ1) is 20.3. The molecule has 0 aliphatic rings. The molecule has 4 aromatic rings. The molecule has 0 amide bonds. The number of carbonyl (C=O) groups is 2. The van der Waals surface area contributed by atoms with Crippen LogP contribution in [-0.4, -0.2) is 25.2 Å². The van der Waals surface area contributed by atoms with Crippen LogP contribution in [0.5, 0.6) is 11.5 Å². The number of benzene rings is 4. The van der Waals surface area contributed by atoms with Crippen LogP contribution in [0.1, 0.15) is 49.7 Å². The summed E-state index contributed by atoms with van der Waals surface area (Å²) in [6.45, 7) is 12.9. The summed E-state index contributed by atoms with van der Waals surface area (Å²) in [4.78, 5) is 24.8. The normalized spacial score (nSPS) is 12.2. The van der Waals surface area contributed by atoms with E-state index in [2.05, 4.69) is 13.2 Å². The molecule has 6 nitrogen and oxygen atoms in total. The first kappa shape index (κ1) is 30.1. The quantitative estimate of drug-likeness (QED) is 0.122. The van der Waals surface area contributed by atoms with Crippen molar-refractivity contribution in [2.24, 2.45) is 0 Å². The molecule has 2 unspecified atom stereocenters. The van der Waals surface area contributed by atoms with Crippen LogP contribution in [0.15, 0.2) is 115 Å². The maximum absolute atomic E-state index is 12.4. The van der Waals surface area contributed by atoms with Crippen molar-refractivity contribution in [3.05, 3.63) is 132 Å². The van der Waals surface area contributed by atoms with Crippen LogP contribution >= 0.6 is 0 Å². The lowest BCUT2D eigenvalue weighted by Crippen LogP contribution is -2.19. The Morgan fingerprint density at radius 2 is 1.12 bits per heavy atom.